The summed E-state index contributed by atoms with van der Waals surface area (Å²) in [4.78, 5) is 7.96. The van der Waals surface area contributed by atoms with E-state index >= 15 is 0 Å². The number of fused-ring (bicyclic) bond motifs is 1. The SMILES string of the molecule is Cc1nc(-c2c[nH]c3c(C#N)cccc23)ccc1NC1CCOC1. The fraction of sp³-hybridized carbons (Fsp3) is 0.263. The monoisotopic (exact) mass is 318 g/mol. The molecule has 0 aliphatic carbocycles. The maximum absolute atomic E-state index is 9.23. The first-order valence-corrected chi connectivity index (χ1v) is 8.09. The molecule has 2 N–H and O–H groups in total. The standard InChI is InChI=1S/C19H18N4O/c1-12-17(23-14-7-8-24-11-14)5-6-18(22-12)16-10-21-19-13(9-20)3-2-4-15(16)19/h2-6,10,14,21,23H,7-8,11H2,1H3. The molecule has 1 aliphatic rings. The average molecular weight is 318 g/mol. The van der Waals surface area contributed by atoms with E-state index < -0.39 is 0 Å². The molecule has 1 aliphatic heterocycles. The van der Waals surface area contributed by atoms with Crippen LogP contribution in [0, 0.1) is 18.3 Å². The van der Waals surface area contributed by atoms with Gasteiger partial charge >= 0.3 is 0 Å². The van der Waals surface area contributed by atoms with Gasteiger partial charge in [-0.1, -0.05) is 12.1 Å². The number of aromatic nitrogens is 2. The molecule has 3 heterocycles. The highest BCUT2D eigenvalue weighted by Crippen LogP contribution is 2.30. The summed E-state index contributed by atoms with van der Waals surface area (Å²) in [5.41, 5.74) is 5.44. The van der Waals surface area contributed by atoms with Crippen molar-refractivity contribution in [2.45, 2.75) is 19.4 Å². The number of nitrogens with zero attached hydrogens (tertiary/aromatic N) is 2. The predicted molar refractivity (Wildman–Crippen MR) is 93.8 cm³/mol. The Morgan fingerprint density at radius 1 is 1.33 bits per heavy atom. The van der Waals surface area contributed by atoms with Crippen LogP contribution in [0.15, 0.2) is 36.5 Å². The van der Waals surface area contributed by atoms with Crippen LogP contribution in [0.5, 0.6) is 0 Å². The number of aryl methyl sites for hydroxylation is 1. The van der Waals surface area contributed by atoms with E-state index in [9.17, 15) is 5.26 Å². The number of H-pyrrole nitrogens is 1. The first-order valence-electron chi connectivity index (χ1n) is 8.09. The lowest BCUT2D eigenvalue weighted by atomic mass is 10.1. The van der Waals surface area contributed by atoms with Gasteiger partial charge in [0.2, 0.25) is 0 Å². The van der Waals surface area contributed by atoms with Gasteiger partial charge in [-0.15, -0.1) is 0 Å². The normalized spacial score (nSPS) is 17.1. The minimum Gasteiger partial charge on any atom is -0.379 e. The maximum Gasteiger partial charge on any atom is 0.101 e. The Balaban J connectivity index is 1.70. The molecular formula is C19H18N4O. The number of nitriles is 1. The Bertz CT molecular complexity index is 932. The Morgan fingerprint density at radius 2 is 2.25 bits per heavy atom. The number of rotatable bonds is 3. The Labute approximate surface area is 140 Å². The maximum atomic E-state index is 9.23. The largest absolute Gasteiger partial charge is 0.379 e. The Hall–Kier alpha value is -2.84. The van der Waals surface area contributed by atoms with Crippen molar-refractivity contribution in [3.63, 3.8) is 0 Å². The topological polar surface area (TPSA) is 73.7 Å². The highest BCUT2D eigenvalue weighted by molar-refractivity contribution is 5.97. The predicted octanol–water partition coefficient (Wildman–Crippen LogP) is 3.61. The van der Waals surface area contributed by atoms with Gasteiger partial charge in [0.15, 0.2) is 0 Å². The van der Waals surface area contributed by atoms with Gasteiger partial charge in [0, 0.05) is 23.8 Å². The van der Waals surface area contributed by atoms with Gasteiger partial charge in [0.1, 0.15) is 6.07 Å². The molecule has 0 bridgehead atoms. The number of hydrogen-bond acceptors (Lipinski definition) is 4. The first-order chi connectivity index (χ1) is 11.8. The van der Waals surface area contributed by atoms with E-state index in [1.54, 1.807) is 0 Å². The lowest BCUT2D eigenvalue weighted by Crippen LogP contribution is -2.19. The molecule has 0 spiro atoms. The quantitative estimate of drug-likeness (QED) is 0.773. The van der Waals surface area contributed by atoms with Gasteiger partial charge < -0.3 is 15.0 Å². The number of hydrogen-bond donors (Lipinski definition) is 2. The summed E-state index contributed by atoms with van der Waals surface area (Å²) in [5.74, 6) is 0. The molecule has 2 aromatic heterocycles. The van der Waals surface area contributed by atoms with Gasteiger partial charge in [-0.05, 0) is 31.5 Å². The second kappa shape index (κ2) is 5.99. The Morgan fingerprint density at radius 3 is 3.00 bits per heavy atom. The third-order valence-corrected chi connectivity index (χ3v) is 4.49. The van der Waals surface area contributed by atoms with E-state index in [1.165, 1.54) is 0 Å². The van der Waals surface area contributed by atoms with Crippen molar-refractivity contribution >= 4 is 16.6 Å². The number of aromatic amines is 1. The van der Waals surface area contributed by atoms with Crippen molar-refractivity contribution in [2.75, 3.05) is 18.5 Å². The van der Waals surface area contributed by atoms with E-state index in [0.717, 1.165) is 53.2 Å². The fourth-order valence-electron chi connectivity index (χ4n) is 3.19. The fourth-order valence-corrected chi connectivity index (χ4v) is 3.19. The first kappa shape index (κ1) is 14.7. The number of anilines is 1. The number of pyridine rings is 1. The third kappa shape index (κ3) is 2.51. The summed E-state index contributed by atoms with van der Waals surface area (Å²) in [6.07, 6.45) is 2.95. The molecule has 120 valence electrons. The van der Waals surface area contributed by atoms with Crippen LogP contribution in [0.25, 0.3) is 22.2 Å². The van der Waals surface area contributed by atoms with E-state index in [-0.39, 0.29) is 0 Å². The van der Waals surface area contributed by atoms with E-state index in [0.29, 0.717) is 11.6 Å². The average Bonchev–Trinajstić information content (AvgIpc) is 3.26. The molecule has 5 nitrogen and oxygen atoms in total. The lowest BCUT2D eigenvalue weighted by molar-refractivity contribution is 0.195. The van der Waals surface area contributed by atoms with Crippen molar-refractivity contribution in [1.29, 1.82) is 5.26 Å². The molecule has 1 unspecified atom stereocenters. The van der Waals surface area contributed by atoms with Gasteiger partial charge in [-0.2, -0.15) is 5.26 Å². The van der Waals surface area contributed by atoms with E-state index in [2.05, 4.69) is 22.4 Å². The zero-order chi connectivity index (χ0) is 16.5. The van der Waals surface area contributed by atoms with Crippen molar-refractivity contribution in [2.24, 2.45) is 0 Å². The number of benzene rings is 1. The van der Waals surface area contributed by atoms with Gasteiger partial charge in [-0.25, -0.2) is 0 Å². The molecule has 0 saturated carbocycles. The Kier molecular flexibility index (Phi) is 3.68. The molecule has 1 saturated heterocycles. The van der Waals surface area contributed by atoms with E-state index in [4.69, 9.17) is 9.72 Å². The highest BCUT2D eigenvalue weighted by atomic mass is 16.5. The zero-order valence-electron chi connectivity index (χ0n) is 13.5. The number of para-hydroxylation sites is 1. The molecule has 0 amide bonds. The van der Waals surface area contributed by atoms with Crippen LogP contribution in [0.1, 0.15) is 17.7 Å². The van der Waals surface area contributed by atoms with Gasteiger partial charge in [0.05, 0.1) is 40.8 Å². The lowest BCUT2D eigenvalue weighted by Gasteiger charge is -2.14. The minimum atomic E-state index is 0.364. The van der Waals surface area contributed by atoms with Crippen molar-refractivity contribution in [3.05, 3.63) is 47.8 Å². The minimum absolute atomic E-state index is 0.364. The molecular weight excluding hydrogens is 300 g/mol. The zero-order valence-corrected chi connectivity index (χ0v) is 13.5. The van der Waals surface area contributed by atoms with Crippen LogP contribution in [-0.4, -0.2) is 29.2 Å². The second-order valence-corrected chi connectivity index (χ2v) is 6.08. The van der Waals surface area contributed by atoms with Gasteiger partial charge in [-0.3, -0.25) is 4.98 Å². The summed E-state index contributed by atoms with van der Waals surface area (Å²) in [5, 5.41) is 13.7. The molecule has 1 aromatic carbocycles. The molecule has 1 fully saturated rings. The highest BCUT2D eigenvalue weighted by Gasteiger charge is 2.17. The molecule has 5 heteroatoms. The van der Waals surface area contributed by atoms with Crippen molar-refractivity contribution in [1.82, 2.24) is 9.97 Å². The van der Waals surface area contributed by atoms with Crippen LogP contribution < -0.4 is 5.32 Å². The third-order valence-electron chi connectivity index (χ3n) is 4.49. The second-order valence-electron chi connectivity index (χ2n) is 6.08. The summed E-state index contributed by atoms with van der Waals surface area (Å²) in [6, 6.07) is 12.4. The van der Waals surface area contributed by atoms with E-state index in [1.807, 2.05) is 37.4 Å². The summed E-state index contributed by atoms with van der Waals surface area (Å²) >= 11 is 0. The number of nitrogens with one attached hydrogen (secondary N) is 2. The molecule has 0 radical (unpaired) electrons. The summed E-state index contributed by atoms with van der Waals surface area (Å²) in [6.45, 7) is 3.58. The van der Waals surface area contributed by atoms with Crippen molar-refractivity contribution < 1.29 is 4.74 Å². The van der Waals surface area contributed by atoms with Crippen LogP contribution in [-0.2, 0) is 4.74 Å². The smallest absolute Gasteiger partial charge is 0.101 e. The molecule has 3 aromatic rings. The molecule has 1 atom stereocenters. The summed E-state index contributed by atoms with van der Waals surface area (Å²) in [7, 11) is 0. The van der Waals surface area contributed by atoms with Crippen LogP contribution in [0.4, 0.5) is 5.69 Å². The van der Waals surface area contributed by atoms with Crippen LogP contribution in [0.3, 0.4) is 0 Å². The van der Waals surface area contributed by atoms with Crippen molar-refractivity contribution in [3.8, 4) is 17.3 Å². The van der Waals surface area contributed by atoms with Gasteiger partial charge in [0.25, 0.3) is 0 Å². The number of ether oxygens (including phenoxy) is 1. The summed E-state index contributed by atoms with van der Waals surface area (Å²) < 4.78 is 5.41. The molecule has 4 rings (SSSR count). The van der Waals surface area contributed by atoms with Crippen LogP contribution in [0.2, 0.25) is 0 Å². The molecule has 24 heavy (non-hydrogen) atoms. The van der Waals surface area contributed by atoms with Crippen LogP contribution >= 0.6 is 0 Å².